The first-order valence-corrected chi connectivity index (χ1v) is 9.65. The van der Waals surface area contributed by atoms with Crippen LogP contribution in [0.3, 0.4) is 0 Å². The van der Waals surface area contributed by atoms with Crippen molar-refractivity contribution in [3.8, 4) is 0 Å². The van der Waals surface area contributed by atoms with E-state index in [-0.39, 0.29) is 17.7 Å². The fraction of sp³-hybridized carbons (Fsp3) is 0.391. The summed E-state index contributed by atoms with van der Waals surface area (Å²) in [6.45, 7) is 9.53. The number of carbonyl (C=O) groups excluding carboxylic acids is 2. The second-order valence-corrected chi connectivity index (χ2v) is 7.73. The fourth-order valence-electron chi connectivity index (χ4n) is 3.28. The smallest absolute Gasteiger partial charge is 0.246 e. The van der Waals surface area contributed by atoms with Crippen LogP contribution in [0, 0.1) is 5.92 Å². The van der Waals surface area contributed by atoms with Crippen LogP contribution in [0.5, 0.6) is 0 Å². The van der Waals surface area contributed by atoms with E-state index in [0.717, 1.165) is 22.9 Å². The van der Waals surface area contributed by atoms with Gasteiger partial charge in [0.25, 0.3) is 0 Å². The minimum atomic E-state index is -0.499. The van der Waals surface area contributed by atoms with Gasteiger partial charge in [-0.25, -0.2) is 0 Å². The Hall–Kier alpha value is -2.82. The van der Waals surface area contributed by atoms with E-state index in [1.807, 2.05) is 26.1 Å². The number of hydrogen-bond donors (Lipinski definition) is 2. The maximum Gasteiger partial charge on any atom is 0.246 e. The number of likely N-dealkylation sites (N-methyl/N-ethyl adjacent to an activating group) is 1. The Morgan fingerprint density at radius 3 is 2.54 bits per heavy atom. The normalized spacial score (nSPS) is 12.4. The first-order valence-electron chi connectivity index (χ1n) is 9.65. The van der Waals surface area contributed by atoms with E-state index in [9.17, 15) is 9.59 Å². The molecule has 0 saturated carbocycles. The standard InChI is InChI=1S/C23H31N3O2/c1-15(2)10-11-18-8-7-9-20-19(14-25-21(18)20)12-13-24-23(28)22(16(3)4)26(6)17(5)27/h7-10,12-14,16,22,25H,11H2,1-6H3,(H,24,28)/t22-/m0/s1. The summed E-state index contributed by atoms with van der Waals surface area (Å²) in [7, 11) is 1.66. The van der Waals surface area contributed by atoms with Crippen molar-refractivity contribution >= 4 is 28.8 Å². The van der Waals surface area contributed by atoms with Crippen molar-refractivity contribution in [1.82, 2.24) is 15.2 Å². The van der Waals surface area contributed by atoms with Crippen molar-refractivity contribution in [2.45, 2.75) is 47.1 Å². The number of amides is 2. The largest absolute Gasteiger partial charge is 0.360 e. The van der Waals surface area contributed by atoms with Gasteiger partial charge in [0.2, 0.25) is 11.8 Å². The van der Waals surface area contributed by atoms with Crippen LogP contribution in [0.25, 0.3) is 17.0 Å². The molecule has 0 spiro atoms. The summed E-state index contributed by atoms with van der Waals surface area (Å²) in [5.74, 6) is -0.292. The zero-order valence-corrected chi connectivity index (χ0v) is 17.7. The molecule has 0 unspecified atom stereocenters. The summed E-state index contributed by atoms with van der Waals surface area (Å²) in [4.78, 5) is 29.0. The maximum atomic E-state index is 12.6. The Labute approximate surface area is 167 Å². The molecule has 2 N–H and O–H groups in total. The van der Waals surface area contributed by atoms with Crippen LogP contribution < -0.4 is 5.32 Å². The van der Waals surface area contributed by atoms with Crippen LogP contribution in [0.15, 0.2) is 42.2 Å². The molecular weight excluding hydrogens is 350 g/mol. The average Bonchev–Trinajstić information content (AvgIpc) is 3.03. The number of nitrogens with one attached hydrogen (secondary N) is 2. The van der Waals surface area contributed by atoms with Crippen LogP contribution in [0.4, 0.5) is 0 Å². The third-order valence-electron chi connectivity index (χ3n) is 4.87. The third-order valence-corrected chi connectivity index (χ3v) is 4.87. The molecule has 150 valence electrons. The Balaban J connectivity index is 2.17. The lowest BCUT2D eigenvalue weighted by Crippen LogP contribution is -2.48. The summed E-state index contributed by atoms with van der Waals surface area (Å²) in [6, 6.07) is 5.75. The topological polar surface area (TPSA) is 65.2 Å². The molecule has 0 bridgehead atoms. The van der Waals surface area contributed by atoms with Crippen molar-refractivity contribution in [2.75, 3.05) is 7.05 Å². The minimum absolute atomic E-state index is 0.0213. The highest BCUT2D eigenvalue weighted by atomic mass is 16.2. The number of allylic oxidation sites excluding steroid dienone is 2. The Bertz CT molecular complexity index is 902. The zero-order valence-electron chi connectivity index (χ0n) is 17.7. The number of hydrogen-bond acceptors (Lipinski definition) is 2. The molecule has 0 radical (unpaired) electrons. The van der Waals surface area contributed by atoms with E-state index < -0.39 is 6.04 Å². The zero-order chi connectivity index (χ0) is 20.8. The van der Waals surface area contributed by atoms with E-state index in [1.54, 1.807) is 13.2 Å². The molecule has 0 fully saturated rings. The van der Waals surface area contributed by atoms with Gasteiger partial charge in [-0.1, -0.05) is 43.7 Å². The minimum Gasteiger partial charge on any atom is -0.360 e. The highest BCUT2D eigenvalue weighted by Crippen LogP contribution is 2.23. The molecule has 0 aliphatic heterocycles. The number of carbonyl (C=O) groups is 2. The Morgan fingerprint density at radius 1 is 1.21 bits per heavy atom. The molecule has 1 aromatic heterocycles. The second kappa shape index (κ2) is 9.40. The van der Waals surface area contributed by atoms with E-state index in [0.29, 0.717) is 0 Å². The number of benzene rings is 1. The van der Waals surface area contributed by atoms with Gasteiger partial charge in [-0.2, -0.15) is 0 Å². The Morgan fingerprint density at radius 2 is 1.93 bits per heavy atom. The number of H-pyrrole nitrogens is 1. The summed E-state index contributed by atoms with van der Waals surface area (Å²) in [5.41, 5.74) is 4.66. The number of nitrogens with zero attached hydrogens (tertiary/aromatic N) is 1. The van der Waals surface area contributed by atoms with Crippen LogP contribution in [-0.4, -0.2) is 34.8 Å². The van der Waals surface area contributed by atoms with E-state index in [1.165, 1.54) is 23.0 Å². The van der Waals surface area contributed by atoms with Gasteiger partial charge in [0.15, 0.2) is 0 Å². The second-order valence-electron chi connectivity index (χ2n) is 7.73. The molecular formula is C23H31N3O2. The van der Waals surface area contributed by atoms with Gasteiger partial charge in [-0.3, -0.25) is 9.59 Å². The average molecular weight is 382 g/mol. The number of fused-ring (bicyclic) bond motifs is 1. The quantitative estimate of drug-likeness (QED) is 0.704. The van der Waals surface area contributed by atoms with Gasteiger partial charge in [0.1, 0.15) is 6.04 Å². The van der Waals surface area contributed by atoms with Gasteiger partial charge in [-0.15, -0.1) is 0 Å². The molecule has 1 aromatic carbocycles. The lowest BCUT2D eigenvalue weighted by Gasteiger charge is -2.28. The van der Waals surface area contributed by atoms with E-state index >= 15 is 0 Å². The Kier molecular flexibility index (Phi) is 7.21. The summed E-state index contributed by atoms with van der Waals surface area (Å²) in [5, 5.41) is 3.94. The summed E-state index contributed by atoms with van der Waals surface area (Å²) >= 11 is 0. The molecule has 5 heteroatoms. The maximum absolute atomic E-state index is 12.6. The van der Waals surface area contributed by atoms with Gasteiger partial charge >= 0.3 is 0 Å². The van der Waals surface area contributed by atoms with Gasteiger partial charge < -0.3 is 15.2 Å². The third kappa shape index (κ3) is 5.12. The van der Waals surface area contributed by atoms with Crippen molar-refractivity contribution in [2.24, 2.45) is 5.92 Å². The van der Waals surface area contributed by atoms with Crippen molar-refractivity contribution in [3.05, 3.63) is 53.4 Å². The molecule has 0 saturated heterocycles. The van der Waals surface area contributed by atoms with Crippen molar-refractivity contribution in [3.63, 3.8) is 0 Å². The predicted octanol–water partition coefficient (Wildman–Crippen LogP) is 4.27. The van der Waals surface area contributed by atoms with Crippen LogP contribution in [0.2, 0.25) is 0 Å². The van der Waals surface area contributed by atoms with E-state index in [2.05, 4.69) is 48.4 Å². The number of rotatable bonds is 7. The van der Waals surface area contributed by atoms with Gasteiger partial charge in [-0.05, 0) is 37.8 Å². The SMILES string of the molecule is CC(=O)N(C)[C@H](C(=O)NC=Cc1c[nH]c2c(CC=C(C)C)cccc12)C(C)C. The number of aromatic nitrogens is 1. The number of para-hydroxylation sites is 1. The van der Waals surface area contributed by atoms with Gasteiger partial charge in [0.05, 0.1) is 0 Å². The molecule has 2 aromatic rings. The molecule has 0 aliphatic rings. The molecule has 0 aliphatic carbocycles. The molecule has 1 heterocycles. The van der Waals surface area contributed by atoms with Crippen molar-refractivity contribution < 1.29 is 9.59 Å². The summed E-state index contributed by atoms with van der Waals surface area (Å²) < 4.78 is 0. The van der Waals surface area contributed by atoms with Gasteiger partial charge in [0, 0.05) is 42.8 Å². The van der Waals surface area contributed by atoms with E-state index in [4.69, 9.17) is 0 Å². The molecule has 28 heavy (non-hydrogen) atoms. The monoisotopic (exact) mass is 381 g/mol. The lowest BCUT2D eigenvalue weighted by molar-refractivity contribution is -0.138. The highest BCUT2D eigenvalue weighted by molar-refractivity contribution is 5.92. The molecule has 2 amide bonds. The predicted molar refractivity (Wildman–Crippen MR) is 116 cm³/mol. The molecule has 5 nitrogen and oxygen atoms in total. The highest BCUT2D eigenvalue weighted by Gasteiger charge is 2.27. The first-order chi connectivity index (χ1) is 13.2. The molecule has 1 atom stereocenters. The lowest BCUT2D eigenvalue weighted by atomic mass is 10.0. The van der Waals surface area contributed by atoms with Crippen molar-refractivity contribution in [1.29, 1.82) is 0 Å². The van der Waals surface area contributed by atoms with Crippen LogP contribution in [-0.2, 0) is 16.0 Å². The summed E-state index contributed by atoms with van der Waals surface area (Å²) in [6.07, 6.45) is 8.57. The fourth-order valence-corrected chi connectivity index (χ4v) is 3.28. The first kappa shape index (κ1) is 21.5. The van der Waals surface area contributed by atoms with Crippen LogP contribution >= 0.6 is 0 Å². The van der Waals surface area contributed by atoms with Crippen LogP contribution in [0.1, 0.15) is 45.7 Å². The number of aromatic amines is 1. The molecule has 2 rings (SSSR count).